The molecular weight excluding hydrogens is 186 g/mol. The molecule has 0 bridgehead atoms. The van der Waals surface area contributed by atoms with Crippen molar-refractivity contribution in [2.24, 2.45) is 4.99 Å². The Morgan fingerprint density at radius 2 is 2.27 bits per heavy atom. The summed E-state index contributed by atoms with van der Waals surface area (Å²) in [4.78, 5) is 4.12. The highest BCUT2D eigenvalue weighted by molar-refractivity contribution is 6.00. The Labute approximate surface area is 86.6 Å². The predicted molar refractivity (Wildman–Crippen MR) is 59.6 cm³/mol. The van der Waals surface area contributed by atoms with E-state index in [2.05, 4.69) is 11.1 Å². The van der Waals surface area contributed by atoms with Crippen LogP contribution in [0.15, 0.2) is 35.6 Å². The van der Waals surface area contributed by atoms with E-state index in [0.29, 0.717) is 5.56 Å². The molecule has 2 heterocycles. The van der Waals surface area contributed by atoms with Crippen molar-refractivity contribution in [3.8, 4) is 6.07 Å². The van der Waals surface area contributed by atoms with Gasteiger partial charge in [0.1, 0.15) is 0 Å². The van der Waals surface area contributed by atoms with Gasteiger partial charge in [-0.3, -0.25) is 4.99 Å². The molecule has 70 valence electrons. The molecule has 3 heteroatoms. The lowest BCUT2D eigenvalue weighted by Gasteiger charge is -2.00. The molecule has 0 saturated heterocycles. The highest BCUT2D eigenvalue weighted by Gasteiger charge is 2.07. The Bertz CT molecular complexity index is 639. The molecule has 3 nitrogen and oxygen atoms in total. The third kappa shape index (κ3) is 1.09. The van der Waals surface area contributed by atoms with Crippen molar-refractivity contribution in [3.63, 3.8) is 0 Å². The lowest BCUT2D eigenvalue weighted by Crippen LogP contribution is -1.89. The van der Waals surface area contributed by atoms with Gasteiger partial charge in [-0.2, -0.15) is 5.26 Å². The van der Waals surface area contributed by atoms with Gasteiger partial charge in [0.25, 0.3) is 0 Å². The van der Waals surface area contributed by atoms with Crippen molar-refractivity contribution >= 4 is 23.3 Å². The summed E-state index contributed by atoms with van der Waals surface area (Å²) in [5.41, 5.74) is 2.76. The van der Waals surface area contributed by atoms with Gasteiger partial charge in [0.05, 0.1) is 17.1 Å². The molecule has 0 fully saturated rings. The van der Waals surface area contributed by atoms with E-state index in [1.54, 1.807) is 12.4 Å². The molecule has 0 saturated carbocycles. The Kier molecular flexibility index (Phi) is 1.51. The van der Waals surface area contributed by atoms with Gasteiger partial charge in [0.15, 0.2) is 0 Å². The number of benzene rings is 1. The summed E-state index contributed by atoms with van der Waals surface area (Å²) in [6.45, 7) is 0. The van der Waals surface area contributed by atoms with Gasteiger partial charge in [0.2, 0.25) is 0 Å². The van der Waals surface area contributed by atoms with Crippen LogP contribution in [0.2, 0.25) is 0 Å². The van der Waals surface area contributed by atoms with Gasteiger partial charge in [-0.05, 0) is 18.2 Å². The number of nitriles is 1. The standard InChI is InChI=1S/C12H7N3/c13-7-9-5-10-1-3-15-4-2-14-8-11(6-9)12(10)15/h1-6,8H. The number of hydrogen-bond donors (Lipinski definition) is 0. The minimum Gasteiger partial charge on any atom is -0.321 e. The molecule has 0 N–H and O–H groups in total. The fourth-order valence-electron chi connectivity index (χ4n) is 1.86. The van der Waals surface area contributed by atoms with Gasteiger partial charge in [-0.1, -0.05) is 0 Å². The van der Waals surface area contributed by atoms with Crippen molar-refractivity contribution in [1.82, 2.24) is 4.57 Å². The number of aromatic nitrogens is 1. The lowest BCUT2D eigenvalue weighted by molar-refractivity contribution is 1.22. The zero-order valence-electron chi connectivity index (χ0n) is 7.88. The molecule has 3 rings (SSSR count). The molecule has 1 aliphatic rings. The number of aliphatic imine (C=N–C) groups is 1. The van der Waals surface area contributed by atoms with E-state index in [4.69, 9.17) is 5.26 Å². The molecule has 0 aliphatic carbocycles. The minimum absolute atomic E-state index is 0.670. The van der Waals surface area contributed by atoms with E-state index in [-0.39, 0.29) is 0 Å². The van der Waals surface area contributed by atoms with Gasteiger partial charge in [-0.25, -0.2) is 0 Å². The van der Waals surface area contributed by atoms with Crippen LogP contribution in [0, 0.1) is 11.3 Å². The topological polar surface area (TPSA) is 41.1 Å². The largest absolute Gasteiger partial charge is 0.321 e. The molecule has 2 aromatic rings. The summed E-state index contributed by atoms with van der Waals surface area (Å²) in [6.07, 6.45) is 7.40. The molecule has 0 radical (unpaired) electrons. The summed E-state index contributed by atoms with van der Waals surface area (Å²) in [5, 5.41) is 9.97. The second-order valence-electron chi connectivity index (χ2n) is 3.41. The fraction of sp³-hybridized carbons (Fsp3) is 0. The van der Waals surface area contributed by atoms with Crippen LogP contribution in [-0.2, 0) is 0 Å². The van der Waals surface area contributed by atoms with Crippen LogP contribution in [0.3, 0.4) is 0 Å². The van der Waals surface area contributed by atoms with Crippen molar-refractivity contribution < 1.29 is 0 Å². The van der Waals surface area contributed by atoms with Gasteiger partial charge in [-0.15, -0.1) is 0 Å². The first-order valence-corrected chi connectivity index (χ1v) is 4.63. The quantitative estimate of drug-likeness (QED) is 0.633. The van der Waals surface area contributed by atoms with E-state index in [1.807, 2.05) is 35.2 Å². The highest BCUT2D eigenvalue weighted by Crippen LogP contribution is 2.23. The van der Waals surface area contributed by atoms with Gasteiger partial charge < -0.3 is 4.57 Å². The van der Waals surface area contributed by atoms with Crippen LogP contribution >= 0.6 is 0 Å². The number of hydrogen-bond acceptors (Lipinski definition) is 2. The summed E-state index contributed by atoms with van der Waals surface area (Å²) in [7, 11) is 0. The van der Waals surface area contributed by atoms with E-state index < -0.39 is 0 Å². The van der Waals surface area contributed by atoms with Crippen LogP contribution in [-0.4, -0.2) is 10.8 Å². The fourth-order valence-corrected chi connectivity index (χ4v) is 1.86. The van der Waals surface area contributed by atoms with Crippen LogP contribution in [0.5, 0.6) is 0 Å². The first-order chi connectivity index (χ1) is 7.38. The van der Waals surface area contributed by atoms with Crippen molar-refractivity contribution in [2.45, 2.75) is 0 Å². The summed E-state index contributed by atoms with van der Waals surface area (Å²) >= 11 is 0. The van der Waals surface area contributed by atoms with E-state index in [9.17, 15) is 0 Å². The third-order valence-electron chi connectivity index (χ3n) is 2.50. The summed E-state index contributed by atoms with van der Waals surface area (Å²) < 4.78 is 2.01. The van der Waals surface area contributed by atoms with E-state index >= 15 is 0 Å². The van der Waals surface area contributed by atoms with E-state index in [1.165, 1.54) is 0 Å². The third-order valence-corrected chi connectivity index (χ3v) is 2.50. The Morgan fingerprint density at radius 1 is 1.33 bits per heavy atom. The molecule has 1 aromatic carbocycles. The van der Waals surface area contributed by atoms with Crippen molar-refractivity contribution in [1.29, 1.82) is 5.26 Å². The zero-order chi connectivity index (χ0) is 10.3. The summed E-state index contributed by atoms with van der Waals surface area (Å²) in [5.74, 6) is 0. The second kappa shape index (κ2) is 2.82. The number of nitrogens with zero attached hydrogens (tertiary/aromatic N) is 3. The number of rotatable bonds is 0. The van der Waals surface area contributed by atoms with Crippen molar-refractivity contribution in [2.75, 3.05) is 0 Å². The maximum absolute atomic E-state index is 8.90. The van der Waals surface area contributed by atoms with Crippen LogP contribution in [0.4, 0.5) is 0 Å². The second-order valence-corrected chi connectivity index (χ2v) is 3.41. The maximum Gasteiger partial charge on any atom is 0.0992 e. The van der Waals surface area contributed by atoms with Gasteiger partial charge in [0, 0.05) is 35.8 Å². The molecule has 0 atom stereocenters. The SMILES string of the molecule is N#Cc1cc2c3c(ccn3C=CN=C2)c1. The molecular formula is C12H7N3. The first-order valence-electron chi connectivity index (χ1n) is 4.63. The van der Waals surface area contributed by atoms with Crippen LogP contribution in [0.25, 0.3) is 17.1 Å². The van der Waals surface area contributed by atoms with Crippen molar-refractivity contribution in [3.05, 3.63) is 41.7 Å². The molecule has 1 aliphatic heterocycles. The van der Waals surface area contributed by atoms with E-state index in [0.717, 1.165) is 16.5 Å². The molecule has 0 unspecified atom stereocenters. The molecule has 15 heavy (non-hydrogen) atoms. The Hall–Kier alpha value is -2.34. The average molecular weight is 193 g/mol. The Morgan fingerprint density at radius 3 is 3.13 bits per heavy atom. The smallest absolute Gasteiger partial charge is 0.0992 e. The molecule has 0 spiro atoms. The summed E-state index contributed by atoms with van der Waals surface area (Å²) in [6, 6.07) is 7.91. The highest BCUT2D eigenvalue weighted by atomic mass is 15.0. The monoisotopic (exact) mass is 193 g/mol. The predicted octanol–water partition coefficient (Wildman–Crippen LogP) is 2.37. The maximum atomic E-state index is 8.90. The van der Waals surface area contributed by atoms with Gasteiger partial charge >= 0.3 is 0 Å². The molecule has 1 aromatic heterocycles. The molecule has 0 amide bonds. The zero-order valence-corrected chi connectivity index (χ0v) is 7.88. The lowest BCUT2D eigenvalue weighted by atomic mass is 10.1. The average Bonchev–Trinajstić information content (AvgIpc) is 2.55. The van der Waals surface area contributed by atoms with Crippen LogP contribution in [0.1, 0.15) is 11.1 Å². The first kappa shape index (κ1) is 8.01. The normalized spacial score (nSPS) is 12.7. The minimum atomic E-state index is 0.670. The Balaban J connectivity index is 2.49. The van der Waals surface area contributed by atoms with Crippen LogP contribution < -0.4 is 0 Å².